The van der Waals surface area contributed by atoms with Crippen LogP contribution >= 0.6 is 0 Å². The highest BCUT2D eigenvalue weighted by molar-refractivity contribution is 5.83. The number of aryl methyl sites for hydroxylation is 1. The van der Waals surface area contributed by atoms with E-state index in [1.54, 1.807) is 19.3 Å². The van der Waals surface area contributed by atoms with Crippen molar-refractivity contribution in [3.63, 3.8) is 0 Å². The number of fused-ring (bicyclic) bond motifs is 1. The number of carbonyl (C=O) groups excluding carboxylic acids is 1. The van der Waals surface area contributed by atoms with Gasteiger partial charge in [-0.2, -0.15) is 0 Å². The second kappa shape index (κ2) is 8.75. The molecule has 1 aliphatic rings. The van der Waals surface area contributed by atoms with Gasteiger partial charge in [-0.15, -0.1) is 0 Å². The maximum atomic E-state index is 12.8. The molecule has 0 spiro atoms. The van der Waals surface area contributed by atoms with E-state index in [1.165, 1.54) is 6.07 Å². The first kappa shape index (κ1) is 20.2. The second-order valence-corrected chi connectivity index (χ2v) is 7.54. The van der Waals surface area contributed by atoms with Crippen molar-refractivity contribution in [3.05, 3.63) is 64.4 Å². The normalized spacial score (nSPS) is 16.0. The van der Waals surface area contributed by atoms with Crippen LogP contribution in [-0.2, 0) is 17.8 Å². The van der Waals surface area contributed by atoms with Gasteiger partial charge >= 0.3 is 5.63 Å². The van der Waals surface area contributed by atoms with Crippen molar-refractivity contribution in [2.45, 2.75) is 32.9 Å². The highest BCUT2D eigenvalue weighted by atomic mass is 16.5. The van der Waals surface area contributed by atoms with Gasteiger partial charge < -0.3 is 18.5 Å². The SMILES string of the molecule is CCc1cc(=O)oc2cc(OC(C)C(=O)N3CCN(Cc4ccco4)CC3)ccc12. The third-order valence-corrected chi connectivity index (χ3v) is 5.49. The summed E-state index contributed by atoms with van der Waals surface area (Å²) in [6, 6.07) is 10.7. The monoisotopic (exact) mass is 410 g/mol. The first-order valence-electron chi connectivity index (χ1n) is 10.3. The Hall–Kier alpha value is -3.06. The van der Waals surface area contributed by atoms with E-state index in [4.69, 9.17) is 13.6 Å². The number of rotatable bonds is 6. The first-order chi connectivity index (χ1) is 14.5. The lowest BCUT2D eigenvalue weighted by atomic mass is 10.1. The number of ether oxygens (including phenoxy) is 1. The molecule has 4 rings (SSSR count). The van der Waals surface area contributed by atoms with E-state index in [0.717, 1.165) is 42.8 Å². The Morgan fingerprint density at radius 2 is 1.97 bits per heavy atom. The van der Waals surface area contributed by atoms with Crippen molar-refractivity contribution < 1.29 is 18.4 Å². The zero-order chi connectivity index (χ0) is 21.1. The van der Waals surface area contributed by atoms with Gasteiger partial charge in [-0.1, -0.05) is 6.92 Å². The molecule has 158 valence electrons. The molecule has 1 amide bonds. The van der Waals surface area contributed by atoms with Crippen LogP contribution < -0.4 is 10.4 Å². The minimum Gasteiger partial charge on any atom is -0.481 e. The summed E-state index contributed by atoms with van der Waals surface area (Å²) >= 11 is 0. The van der Waals surface area contributed by atoms with E-state index in [1.807, 2.05) is 36.1 Å². The minimum atomic E-state index is -0.625. The molecule has 30 heavy (non-hydrogen) atoms. The van der Waals surface area contributed by atoms with Crippen LogP contribution in [0.1, 0.15) is 25.2 Å². The lowest BCUT2D eigenvalue weighted by molar-refractivity contribution is -0.139. The maximum absolute atomic E-state index is 12.8. The van der Waals surface area contributed by atoms with Crippen molar-refractivity contribution in [2.75, 3.05) is 26.2 Å². The van der Waals surface area contributed by atoms with Gasteiger partial charge in [0.2, 0.25) is 0 Å². The summed E-state index contributed by atoms with van der Waals surface area (Å²) in [5, 5.41) is 0.885. The fourth-order valence-corrected chi connectivity index (χ4v) is 3.84. The van der Waals surface area contributed by atoms with Gasteiger partial charge in [0, 0.05) is 43.7 Å². The highest BCUT2D eigenvalue weighted by Crippen LogP contribution is 2.24. The number of hydrogen-bond acceptors (Lipinski definition) is 6. The third kappa shape index (κ3) is 4.41. The Bertz CT molecular complexity index is 1060. The molecule has 7 nitrogen and oxygen atoms in total. The van der Waals surface area contributed by atoms with Gasteiger partial charge in [0.15, 0.2) is 6.10 Å². The Kier molecular flexibility index (Phi) is 5.90. The predicted octanol–water partition coefficient (Wildman–Crippen LogP) is 3.06. The molecule has 0 bridgehead atoms. The summed E-state index contributed by atoms with van der Waals surface area (Å²) in [6.07, 6.45) is 1.79. The smallest absolute Gasteiger partial charge is 0.336 e. The van der Waals surface area contributed by atoms with Crippen molar-refractivity contribution in [1.29, 1.82) is 0 Å². The molecule has 1 aromatic carbocycles. The molecular weight excluding hydrogens is 384 g/mol. The van der Waals surface area contributed by atoms with Crippen LogP contribution in [0, 0.1) is 0 Å². The van der Waals surface area contributed by atoms with E-state index >= 15 is 0 Å². The molecule has 0 N–H and O–H groups in total. The van der Waals surface area contributed by atoms with Gasteiger partial charge in [0.25, 0.3) is 5.91 Å². The van der Waals surface area contributed by atoms with E-state index in [9.17, 15) is 9.59 Å². The van der Waals surface area contributed by atoms with E-state index in [-0.39, 0.29) is 11.5 Å². The van der Waals surface area contributed by atoms with E-state index in [2.05, 4.69) is 4.90 Å². The number of piperazine rings is 1. The molecule has 7 heteroatoms. The van der Waals surface area contributed by atoms with Gasteiger partial charge in [0.1, 0.15) is 17.1 Å². The first-order valence-corrected chi connectivity index (χ1v) is 10.3. The standard InChI is InChI=1S/C23H26N2O5/c1-3-17-13-22(26)30-21-14-18(6-7-20(17)21)29-16(2)23(27)25-10-8-24(9-11-25)15-19-5-4-12-28-19/h4-7,12-14,16H,3,8-11,15H2,1-2H3. The van der Waals surface area contributed by atoms with Gasteiger partial charge in [-0.25, -0.2) is 4.79 Å². The number of furan rings is 1. The largest absolute Gasteiger partial charge is 0.481 e. The third-order valence-electron chi connectivity index (χ3n) is 5.49. The lowest BCUT2D eigenvalue weighted by Crippen LogP contribution is -2.51. The number of hydrogen-bond donors (Lipinski definition) is 0. The summed E-state index contributed by atoms with van der Waals surface area (Å²) in [6.45, 7) is 7.39. The molecule has 1 aliphatic heterocycles. The fraction of sp³-hybridized carbons (Fsp3) is 0.391. The molecule has 3 aromatic rings. The molecule has 0 aliphatic carbocycles. The molecule has 0 saturated carbocycles. The zero-order valence-electron chi connectivity index (χ0n) is 17.3. The average molecular weight is 410 g/mol. The predicted molar refractivity (Wildman–Crippen MR) is 113 cm³/mol. The number of amides is 1. The van der Waals surface area contributed by atoms with Crippen LogP contribution in [0.3, 0.4) is 0 Å². The van der Waals surface area contributed by atoms with Crippen molar-refractivity contribution in [1.82, 2.24) is 9.80 Å². The van der Waals surface area contributed by atoms with Crippen LogP contribution in [0.15, 0.2) is 56.3 Å². The van der Waals surface area contributed by atoms with Crippen LogP contribution in [-0.4, -0.2) is 48.0 Å². The Labute approximate surface area is 174 Å². The molecule has 1 atom stereocenters. The maximum Gasteiger partial charge on any atom is 0.336 e. The molecule has 0 radical (unpaired) electrons. The zero-order valence-corrected chi connectivity index (χ0v) is 17.3. The Balaban J connectivity index is 1.37. The summed E-state index contributed by atoms with van der Waals surface area (Å²) < 4.78 is 16.6. The number of carbonyl (C=O) groups is 1. The topological polar surface area (TPSA) is 76.1 Å². The number of benzene rings is 1. The van der Waals surface area contributed by atoms with Crippen molar-refractivity contribution in [2.24, 2.45) is 0 Å². The van der Waals surface area contributed by atoms with Crippen LogP contribution in [0.25, 0.3) is 11.0 Å². The molecule has 1 unspecified atom stereocenters. The van der Waals surface area contributed by atoms with Gasteiger partial charge in [0.05, 0.1) is 12.8 Å². The molecular formula is C23H26N2O5. The molecule has 1 saturated heterocycles. The summed E-state index contributed by atoms with van der Waals surface area (Å²) in [5.41, 5.74) is 1.03. The van der Waals surface area contributed by atoms with Crippen molar-refractivity contribution >= 4 is 16.9 Å². The summed E-state index contributed by atoms with van der Waals surface area (Å²) in [4.78, 5) is 28.7. The quantitative estimate of drug-likeness (QED) is 0.582. The fourth-order valence-electron chi connectivity index (χ4n) is 3.84. The summed E-state index contributed by atoms with van der Waals surface area (Å²) in [7, 11) is 0. The molecule has 1 fully saturated rings. The molecule has 3 heterocycles. The van der Waals surface area contributed by atoms with Gasteiger partial charge in [-0.3, -0.25) is 9.69 Å². The minimum absolute atomic E-state index is 0.0449. The highest BCUT2D eigenvalue weighted by Gasteiger charge is 2.26. The van der Waals surface area contributed by atoms with Crippen LogP contribution in [0.5, 0.6) is 5.75 Å². The Morgan fingerprint density at radius 1 is 1.17 bits per heavy atom. The van der Waals surface area contributed by atoms with E-state index in [0.29, 0.717) is 24.4 Å². The van der Waals surface area contributed by atoms with Crippen molar-refractivity contribution in [3.8, 4) is 5.75 Å². The van der Waals surface area contributed by atoms with Crippen LogP contribution in [0.2, 0.25) is 0 Å². The second-order valence-electron chi connectivity index (χ2n) is 7.54. The van der Waals surface area contributed by atoms with Crippen LogP contribution in [0.4, 0.5) is 0 Å². The lowest BCUT2D eigenvalue weighted by Gasteiger charge is -2.35. The average Bonchev–Trinajstić information content (AvgIpc) is 3.26. The van der Waals surface area contributed by atoms with Gasteiger partial charge in [-0.05, 0) is 43.2 Å². The van der Waals surface area contributed by atoms with E-state index < -0.39 is 6.10 Å². The summed E-state index contributed by atoms with van der Waals surface area (Å²) in [5.74, 6) is 1.40. The number of nitrogens with zero attached hydrogens (tertiary/aromatic N) is 2. The molecule has 2 aromatic heterocycles. The Morgan fingerprint density at radius 3 is 2.67 bits per heavy atom.